The lowest BCUT2D eigenvalue weighted by Crippen LogP contribution is -2.29. The van der Waals surface area contributed by atoms with Crippen molar-refractivity contribution in [3.8, 4) is 23.0 Å². The number of benzene rings is 3. The molecule has 0 radical (unpaired) electrons. The second kappa shape index (κ2) is 12.5. The van der Waals surface area contributed by atoms with E-state index in [9.17, 15) is 14.7 Å². The van der Waals surface area contributed by atoms with Gasteiger partial charge in [-0.2, -0.15) is 0 Å². The molecule has 0 saturated carbocycles. The third-order valence-corrected chi connectivity index (χ3v) is 7.93. The number of aromatic nitrogens is 1. The second-order valence-electron chi connectivity index (χ2n) is 9.57. The van der Waals surface area contributed by atoms with Gasteiger partial charge < -0.3 is 24.1 Å². The highest BCUT2D eigenvalue weighted by atomic mass is 32.1. The zero-order chi connectivity index (χ0) is 29.8. The fourth-order valence-electron chi connectivity index (χ4n) is 4.82. The number of nitrogens with zero attached hydrogens (tertiary/aromatic N) is 2. The number of ketones is 1. The van der Waals surface area contributed by atoms with Gasteiger partial charge in [0.15, 0.2) is 16.6 Å². The highest BCUT2D eigenvalue weighted by Gasteiger charge is 2.48. The van der Waals surface area contributed by atoms with Crippen LogP contribution < -0.4 is 23.8 Å². The number of carbonyl (C=O) groups is 2. The molecule has 1 fully saturated rings. The lowest BCUT2D eigenvalue weighted by molar-refractivity contribution is -0.132. The van der Waals surface area contributed by atoms with E-state index in [0.29, 0.717) is 58.0 Å². The van der Waals surface area contributed by atoms with Crippen LogP contribution in [0.3, 0.4) is 0 Å². The summed E-state index contributed by atoms with van der Waals surface area (Å²) in [5.41, 5.74) is 1.49. The monoisotopic (exact) mass is 588 g/mol. The maximum atomic E-state index is 13.7. The van der Waals surface area contributed by atoms with E-state index in [1.165, 1.54) is 23.3 Å². The van der Waals surface area contributed by atoms with Crippen LogP contribution in [0.1, 0.15) is 43.9 Å². The first kappa shape index (κ1) is 28.9. The number of aliphatic hydroxyl groups excluding tert-OH is 1. The van der Waals surface area contributed by atoms with Crippen LogP contribution in [0.2, 0.25) is 0 Å². The summed E-state index contributed by atoms with van der Waals surface area (Å²) in [6.07, 6.45) is 1.86. The summed E-state index contributed by atoms with van der Waals surface area (Å²) in [5, 5.41) is 11.9. The molecule has 3 aromatic carbocycles. The number of methoxy groups -OCH3 is 2. The number of carbonyl (C=O) groups excluding carboxylic acids is 2. The number of aliphatic hydroxyl groups is 1. The molecule has 5 rings (SSSR count). The molecule has 10 heteroatoms. The van der Waals surface area contributed by atoms with E-state index in [-0.39, 0.29) is 11.3 Å². The normalized spacial score (nSPS) is 16.2. The van der Waals surface area contributed by atoms with Crippen molar-refractivity contribution in [2.75, 3.05) is 32.3 Å². The van der Waals surface area contributed by atoms with Crippen LogP contribution in [-0.4, -0.2) is 49.2 Å². The number of anilines is 1. The minimum Gasteiger partial charge on any atom is -0.507 e. The Morgan fingerprint density at radius 1 is 0.952 bits per heavy atom. The van der Waals surface area contributed by atoms with Crippen LogP contribution in [0.5, 0.6) is 23.0 Å². The Bertz CT molecular complexity index is 1660. The predicted octanol–water partition coefficient (Wildman–Crippen LogP) is 6.52. The highest BCUT2D eigenvalue weighted by Crippen LogP contribution is 2.46. The minimum absolute atomic E-state index is 0.0628. The summed E-state index contributed by atoms with van der Waals surface area (Å²) in [4.78, 5) is 33.4. The molecular formula is C32H32N2O7S. The number of hydrogen-bond acceptors (Lipinski definition) is 9. The number of unbranched alkanes of at least 4 members (excludes halogenated alkanes) is 1. The molecule has 2 heterocycles. The van der Waals surface area contributed by atoms with Gasteiger partial charge in [-0.05, 0) is 61.4 Å². The molecule has 9 nitrogen and oxygen atoms in total. The van der Waals surface area contributed by atoms with Crippen molar-refractivity contribution in [2.45, 2.75) is 32.7 Å². The van der Waals surface area contributed by atoms with Crippen molar-refractivity contribution in [3.63, 3.8) is 0 Å². The van der Waals surface area contributed by atoms with Gasteiger partial charge in [0, 0.05) is 5.56 Å². The molecule has 218 valence electrons. The standard InChI is InChI=1S/C32H32N2O7S/c1-5-7-15-41-24-14-11-19(17-25(24)39-4)28-27(29(35)20-9-8-10-22(16-20)40-6-2)30(36)31(37)34(28)32-33-23-13-12-21(38-3)18-26(23)42-32/h8-14,16-18,28,35H,5-7,15H2,1-4H3/b29-27+. The van der Waals surface area contributed by atoms with Gasteiger partial charge in [-0.1, -0.05) is 42.9 Å². The van der Waals surface area contributed by atoms with Gasteiger partial charge in [-0.3, -0.25) is 14.5 Å². The quantitative estimate of drug-likeness (QED) is 0.0914. The fourth-order valence-corrected chi connectivity index (χ4v) is 5.84. The van der Waals surface area contributed by atoms with E-state index in [1.54, 1.807) is 61.7 Å². The molecule has 1 aliphatic rings. The number of amides is 1. The number of hydrogen-bond donors (Lipinski definition) is 1. The number of fused-ring (bicyclic) bond motifs is 1. The van der Waals surface area contributed by atoms with Gasteiger partial charge >= 0.3 is 5.91 Å². The van der Waals surface area contributed by atoms with E-state index < -0.39 is 17.7 Å². The maximum Gasteiger partial charge on any atom is 0.301 e. The fraction of sp³-hybridized carbons (Fsp3) is 0.281. The first-order valence-electron chi connectivity index (χ1n) is 13.7. The van der Waals surface area contributed by atoms with E-state index in [1.807, 2.05) is 13.0 Å². The molecule has 0 aliphatic carbocycles. The van der Waals surface area contributed by atoms with Gasteiger partial charge in [-0.15, -0.1) is 0 Å². The summed E-state index contributed by atoms with van der Waals surface area (Å²) in [6, 6.07) is 16.5. The van der Waals surface area contributed by atoms with Crippen LogP contribution >= 0.6 is 11.3 Å². The molecule has 42 heavy (non-hydrogen) atoms. The zero-order valence-corrected chi connectivity index (χ0v) is 24.7. The Labute approximate surface area is 247 Å². The Morgan fingerprint density at radius 3 is 2.52 bits per heavy atom. The predicted molar refractivity (Wildman–Crippen MR) is 162 cm³/mol. The van der Waals surface area contributed by atoms with Gasteiger partial charge in [0.2, 0.25) is 0 Å². The maximum absolute atomic E-state index is 13.7. The molecule has 0 spiro atoms. The average molecular weight is 589 g/mol. The summed E-state index contributed by atoms with van der Waals surface area (Å²) < 4.78 is 23.3. The van der Waals surface area contributed by atoms with Crippen molar-refractivity contribution in [1.82, 2.24) is 4.98 Å². The van der Waals surface area contributed by atoms with Crippen LogP contribution in [0, 0.1) is 0 Å². The highest BCUT2D eigenvalue weighted by molar-refractivity contribution is 7.22. The van der Waals surface area contributed by atoms with E-state index in [2.05, 4.69) is 11.9 Å². The molecule has 1 aliphatic heterocycles. The number of Topliss-reactive ketones (excluding diaryl/α,β-unsaturated/α-hetero) is 1. The average Bonchev–Trinajstić information content (AvgIpc) is 3.54. The molecule has 1 aromatic heterocycles. The summed E-state index contributed by atoms with van der Waals surface area (Å²) in [7, 11) is 3.11. The largest absolute Gasteiger partial charge is 0.507 e. The van der Waals surface area contributed by atoms with E-state index >= 15 is 0 Å². The Balaban J connectivity index is 1.68. The SMILES string of the molecule is CCCCOc1ccc(C2/C(=C(\O)c3cccc(OCC)c3)C(=O)C(=O)N2c2nc3ccc(OC)cc3s2)cc1OC. The van der Waals surface area contributed by atoms with Crippen LogP contribution in [-0.2, 0) is 9.59 Å². The van der Waals surface area contributed by atoms with Crippen molar-refractivity contribution in [3.05, 3.63) is 77.4 Å². The van der Waals surface area contributed by atoms with E-state index in [0.717, 1.165) is 17.5 Å². The van der Waals surface area contributed by atoms with E-state index in [4.69, 9.17) is 18.9 Å². The molecule has 4 aromatic rings. The number of thiazole rings is 1. The molecule has 1 atom stereocenters. The Morgan fingerprint density at radius 2 is 1.79 bits per heavy atom. The van der Waals surface area contributed by atoms with Crippen LogP contribution in [0.25, 0.3) is 16.0 Å². The first-order chi connectivity index (χ1) is 20.4. The first-order valence-corrected chi connectivity index (χ1v) is 14.5. The van der Waals surface area contributed by atoms with Gasteiger partial charge in [-0.25, -0.2) is 4.98 Å². The molecule has 1 saturated heterocycles. The third-order valence-electron chi connectivity index (χ3n) is 6.91. The lowest BCUT2D eigenvalue weighted by Gasteiger charge is -2.24. The second-order valence-corrected chi connectivity index (χ2v) is 10.6. The molecule has 1 amide bonds. The van der Waals surface area contributed by atoms with Crippen molar-refractivity contribution < 1.29 is 33.6 Å². The number of ether oxygens (including phenoxy) is 4. The van der Waals surface area contributed by atoms with Crippen molar-refractivity contribution >= 4 is 44.1 Å². The summed E-state index contributed by atoms with van der Waals surface area (Å²) >= 11 is 1.26. The Kier molecular flexibility index (Phi) is 8.63. The topological polar surface area (TPSA) is 107 Å². The minimum atomic E-state index is -0.984. The number of rotatable bonds is 11. The molecular weight excluding hydrogens is 556 g/mol. The molecule has 1 unspecified atom stereocenters. The van der Waals surface area contributed by atoms with Gasteiger partial charge in [0.05, 0.1) is 49.3 Å². The third kappa shape index (κ3) is 5.49. The van der Waals surface area contributed by atoms with Crippen molar-refractivity contribution in [2.24, 2.45) is 0 Å². The molecule has 1 N–H and O–H groups in total. The van der Waals surface area contributed by atoms with Gasteiger partial charge in [0.1, 0.15) is 17.3 Å². The van der Waals surface area contributed by atoms with Gasteiger partial charge in [0.25, 0.3) is 5.78 Å². The molecule has 0 bridgehead atoms. The summed E-state index contributed by atoms with van der Waals surface area (Å²) in [5.74, 6) is 0.239. The van der Waals surface area contributed by atoms with Crippen molar-refractivity contribution in [1.29, 1.82) is 0 Å². The Hall–Kier alpha value is -4.57. The van der Waals surface area contributed by atoms with Crippen LogP contribution in [0.15, 0.2) is 66.2 Å². The smallest absolute Gasteiger partial charge is 0.301 e. The lowest BCUT2D eigenvalue weighted by atomic mass is 9.95. The zero-order valence-electron chi connectivity index (χ0n) is 23.9. The summed E-state index contributed by atoms with van der Waals surface area (Å²) in [6.45, 7) is 4.89. The van der Waals surface area contributed by atoms with Crippen LogP contribution in [0.4, 0.5) is 5.13 Å².